The van der Waals surface area contributed by atoms with Crippen LogP contribution in [-0.2, 0) is 28.6 Å². The Morgan fingerprint density at radius 2 is 0.692 bits per heavy atom. The molecule has 0 spiro atoms. The van der Waals surface area contributed by atoms with Crippen LogP contribution in [0.4, 0.5) is 0 Å². The number of esters is 3. The van der Waals surface area contributed by atoms with Gasteiger partial charge in [0.15, 0.2) is 6.10 Å². The van der Waals surface area contributed by atoms with Crippen molar-refractivity contribution in [1.82, 2.24) is 0 Å². The minimum absolute atomic E-state index is 0.139. The van der Waals surface area contributed by atoms with Gasteiger partial charge in [-0.1, -0.05) is 219 Å². The molecule has 1 atom stereocenters. The largest absolute Gasteiger partial charge is 0.462 e. The molecular formula is C59H94O6. The average Bonchev–Trinajstić information content (AvgIpc) is 3.30. The number of ether oxygens (including phenoxy) is 3. The Morgan fingerprint density at radius 3 is 1.15 bits per heavy atom. The number of rotatable bonds is 45. The molecule has 0 bridgehead atoms. The molecule has 0 aliphatic heterocycles. The van der Waals surface area contributed by atoms with Crippen LogP contribution in [0.25, 0.3) is 0 Å². The third-order valence-corrected chi connectivity index (χ3v) is 10.5. The van der Waals surface area contributed by atoms with E-state index < -0.39 is 12.1 Å². The molecule has 0 aliphatic carbocycles. The fourth-order valence-corrected chi connectivity index (χ4v) is 6.60. The molecule has 0 fully saturated rings. The number of allylic oxidation sites excluding steroid dienone is 20. The van der Waals surface area contributed by atoms with Gasteiger partial charge in [0.1, 0.15) is 13.2 Å². The van der Waals surface area contributed by atoms with E-state index in [1.807, 2.05) is 18.2 Å². The van der Waals surface area contributed by atoms with E-state index in [-0.39, 0.29) is 38.0 Å². The van der Waals surface area contributed by atoms with Crippen molar-refractivity contribution in [3.63, 3.8) is 0 Å². The Morgan fingerprint density at radius 1 is 0.338 bits per heavy atom. The van der Waals surface area contributed by atoms with Gasteiger partial charge in [-0.25, -0.2) is 0 Å². The minimum atomic E-state index is -0.852. The Balaban J connectivity index is 4.61. The Bertz CT molecular complexity index is 1400. The molecule has 0 heterocycles. The lowest BCUT2D eigenvalue weighted by atomic mass is 10.1. The van der Waals surface area contributed by atoms with E-state index in [1.165, 1.54) is 70.6 Å². The fourth-order valence-electron chi connectivity index (χ4n) is 6.60. The molecule has 6 nitrogen and oxygen atoms in total. The van der Waals surface area contributed by atoms with Crippen molar-refractivity contribution in [2.24, 2.45) is 0 Å². The highest BCUT2D eigenvalue weighted by molar-refractivity contribution is 5.71. The molecule has 0 amide bonds. The van der Waals surface area contributed by atoms with Gasteiger partial charge in [-0.15, -0.1) is 0 Å². The van der Waals surface area contributed by atoms with Gasteiger partial charge in [-0.3, -0.25) is 14.4 Å². The fraction of sp³-hybridized carbons (Fsp3) is 0.610. The quantitative estimate of drug-likeness (QED) is 0.0199. The molecule has 0 saturated heterocycles. The monoisotopic (exact) mass is 899 g/mol. The number of hydrogen-bond acceptors (Lipinski definition) is 6. The molecule has 366 valence electrons. The van der Waals surface area contributed by atoms with Crippen LogP contribution in [0.2, 0.25) is 0 Å². The second-order valence-corrected chi connectivity index (χ2v) is 16.7. The topological polar surface area (TPSA) is 78.9 Å². The Labute approximate surface area is 399 Å². The molecule has 0 aromatic heterocycles. The van der Waals surface area contributed by atoms with Crippen LogP contribution < -0.4 is 0 Å². The summed E-state index contributed by atoms with van der Waals surface area (Å²) in [5.41, 5.74) is 0. The van der Waals surface area contributed by atoms with Crippen molar-refractivity contribution in [3.8, 4) is 0 Å². The maximum atomic E-state index is 12.8. The summed E-state index contributed by atoms with van der Waals surface area (Å²) < 4.78 is 16.6. The zero-order valence-corrected chi connectivity index (χ0v) is 41.7. The third-order valence-electron chi connectivity index (χ3n) is 10.5. The standard InChI is InChI=1S/C59H94O6/c1-4-7-10-13-16-19-22-25-27-29-30-32-34-37-40-43-46-49-52-58(61)64-55-56(54-63-57(60)51-48-45-42-39-36-33-24-21-18-15-12-9-6-3)65-59(62)53-50-47-44-41-38-35-31-28-26-23-20-17-14-11-8-5-2/h8,11,17,20,22,25-30,32-33,35-36,38,42,44-45,47,56H,4-7,9-10,12-16,18-19,21,23-24,31,34,37,39-41,43,46,48-55H2,1-3H3/b11-8-,20-17-,25-22-,28-26-,29-27-,32-30-,36-33-,38-35-,45-42-,47-44-. The van der Waals surface area contributed by atoms with Crippen LogP contribution in [0.5, 0.6) is 0 Å². The average molecular weight is 899 g/mol. The highest BCUT2D eigenvalue weighted by Crippen LogP contribution is 2.11. The highest BCUT2D eigenvalue weighted by Gasteiger charge is 2.19. The van der Waals surface area contributed by atoms with Crippen molar-refractivity contribution in [2.45, 2.75) is 219 Å². The summed E-state index contributed by atoms with van der Waals surface area (Å²) in [5, 5.41) is 0. The Kier molecular flexibility index (Phi) is 49.1. The van der Waals surface area contributed by atoms with Gasteiger partial charge in [0, 0.05) is 19.3 Å². The minimum Gasteiger partial charge on any atom is -0.462 e. The van der Waals surface area contributed by atoms with E-state index in [9.17, 15) is 14.4 Å². The maximum absolute atomic E-state index is 12.8. The van der Waals surface area contributed by atoms with Crippen LogP contribution in [-0.4, -0.2) is 37.2 Å². The van der Waals surface area contributed by atoms with Gasteiger partial charge >= 0.3 is 17.9 Å². The highest BCUT2D eigenvalue weighted by atomic mass is 16.6. The molecule has 0 rings (SSSR count). The van der Waals surface area contributed by atoms with Crippen molar-refractivity contribution in [2.75, 3.05) is 13.2 Å². The van der Waals surface area contributed by atoms with Crippen LogP contribution in [0.15, 0.2) is 122 Å². The lowest BCUT2D eigenvalue weighted by molar-refractivity contribution is -0.166. The van der Waals surface area contributed by atoms with Crippen LogP contribution >= 0.6 is 0 Å². The van der Waals surface area contributed by atoms with Gasteiger partial charge < -0.3 is 14.2 Å². The van der Waals surface area contributed by atoms with E-state index in [2.05, 4.69) is 124 Å². The summed E-state index contributed by atoms with van der Waals surface area (Å²) in [7, 11) is 0. The second kappa shape index (κ2) is 52.4. The molecule has 0 N–H and O–H groups in total. The van der Waals surface area contributed by atoms with E-state index >= 15 is 0 Å². The van der Waals surface area contributed by atoms with Gasteiger partial charge in [0.25, 0.3) is 0 Å². The van der Waals surface area contributed by atoms with Gasteiger partial charge in [-0.2, -0.15) is 0 Å². The third kappa shape index (κ3) is 50.7. The lowest BCUT2D eigenvalue weighted by Crippen LogP contribution is -2.30. The van der Waals surface area contributed by atoms with Gasteiger partial charge in [-0.05, 0) is 96.3 Å². The SMILES string of the molecule is CC/C=C\C/C=C\C/C=C\C/C=C\C/C=C\CCC(=O)OC(COC(=O)CC/C=C\C/C=C\CCCCCCCC)COC(=O)CCCCCCC\C=C/C=C\C=C/CCCCCCC. The van der Waals surface area contributed by atoms with Crippen LogP contribution in [0, 0.1) is 0 Å². The normalized spacial score (nSPS) is 13.1. The first-order valence-corrected chi connectivity index (χ1v) is 26.1. The lowest BCUT2D eigenvalue weighted by Gasteiger charge is -2.18. The first-order valence-electron chi connectivity index (χ1n) is 26.1. The summed E-state index contributed by atoms with van der Waals surface area (Å²) in [6.45, 7) is 6.35. The van der Waals surface area contributed by atoms with Crippen molar-refractivity contribution >= 4 is 17.9 Å². The first-order chi connectivity index (χ1) is 32.0. The summed E-state index contributed by atoms with van der Waals surface area (Å²) in [6, 6.07) is 0. The number of unbranched alkanes of at least 4 members (excludes halogenated alkanes) is 16. The van der Waals surface area contributed by atoms with Gasteiger partial charge in [0.05, 0.1) is 0 Å². The van der Waals surface area contributed by atoms with E-state index in [0.29, 0.717) is 19.3 Å². The smallest absolute Gasteiger partial charge is 0.306 e. The van der Waals surface area contributed by atoms with E-state index in [0.717, 1.165) is 89.9 Å². The summed E-state index contributed by atoms with van der Waals surface area (Å²) in [5.74, 6) is -1.12. The zero-order valence-electron chi connectivity index (χ0n) is 41.7. The van der Waals surface area contributed by atoms with E-state index in [1.54, 1.807) is 0 Å². The maximum Gasteiger partial charge on any atom is 0.306 e. The summed E-state index contributed by atoms with van der Waals surface area (Å²) in [6.07, 6.45) is 72.0. The van der Waals surface area contributed by atoms with E-state index in [4.69, 9.17) is 14.2 Å². The molecule has 0 saturated carbocycles. The second-order valence-electron chi connectivity index (χ2n) is 16.7. The van der Waals surface area contributed by atoms with Crippen LogP contribution in [0.3, 0.4) is 0 Å². The van der Waals surface area contributed by atoms with Crippen LogP contribution in [0.1, 0.15) is 213 Å². The summed E-state index contributed by atoms with van der Waals surface area (Å²) in [4.78, 5) is 37.9. The molecule has 1 unspecified atom stereocenters. The molecule has 0 aromatic rings. The number of hydrogen-bond donors (Lipinski definition) is 0. The van der Waals surface area contributed by atoms with Crippen molar-refractivity contribution < 1.29 is 28.6 Å². The number of carbonyl (C=O) groups is 3. The van der Waals surface area contributed by atoms with Crippen molar-refractivity contribution in [1.29, 1.82) is 0 Å². The molecule has 65 heavy (non-hydrogen) atoms. The molecule has 0 radical (unpaired) electrons. The predicted molar refractivity (Wildman–Crippen MR) is 279 cm³/mol. The molecule has 6 heteroatoms. The number of carbonyl (C=O) groups excluding carboxylic acids is 3. The first kappa shape index (κ1) is 60.8. The molecular weight excluding hydrogens is 805 g/mol. The molecule has 0 aliphatic rings. The molecule has 0 aromatic carbocycles. The van der Waals surface area contributed by atoms with Crippen molar-refractivity contribution in [3.05, 3.63) is 122 Å². The zero-order chi connectivity index (χ0) is 47.2. The van der Waals surface area contributed by atoms with Gasteiger partial charge in [0.2, 0.25) is 0 Å². The predicted octanol–water partition coefficient (Wildman–Crippen LogP) is 17.3. The summed E-state index contributed by atoms with van der Waals surface area (Å²) >= 11 is 0. The Hall–Kier alpha value is -4.19.